The number of carbonyl (C=O) groups is 2. The number of amides is 3. The number of urea groups is 1. The maximum absolute atomic E-state index is 13.4. The van der Waals surface area contributed by atoms with Crippen molar-refractivity contribution in [1.29, 1.82) is 0 Å². The number of hydrogen-bond acceptors (Lipinski definition) is 2. The summed E-state index contributed by atoms with van der Waals surface area (Å²) in [5.41, 5.74) is 2.57. The van der Waals surface area contributed by atoms with Crippen LogP contribution in [-0.4, -0.2) is 42.0 Å². The molecule has 3 aliphatic heterocycles. The zero-order valence-electron chi connectivity index (χ0n) is 16.2. The third-order valence-corrected chi connectivity index (χ3v) is 6.57. The van der Waals surface area contributed by atoms with Gasteiger partial charge in [-0.1, -0.05) is 18.2 Å². The van der Waals surface area contributed by atoms with Crippen LogP contribution in [-0.2, 0) is 0 Å². The summed E-state index contributed by atoms with van der Waals surface area (Å²) in [6.45, 7) is 1.24. The van der Waals surface area contributed by atoms with Gasteiger partial charge in [-0.3, -0.25) is 9.69 Å². The summed E-state index contributed by atoms with van der Waals surface area (Å²) in [6, 6.07) is 14.5. The first-order valence-electron chi connectivity index (χ1n) is 10.3. The normalized spacial score (nSPS) is 26.0. The third-order valence-electron chi connectivity index (χ3n) is 6.57. The Kier molecular flexibility index (Phi) is 4.49. The molecule has 150 valence electrons. The molecule has 0 aromatic heterocycles. The molecule has 0 unspecified atom stereocenters. The van der Waals surface area contributed by atoms with Gasteiger partial charge in [-0.05, 0) is 67.5 Å². The molecule has 3 fully saturated rings. The minimum atomic E-state index is -0.212. The second kappa shape index (κ2) is 7.17. The van der Waals surface area contributed by atoms with Crippen molar-refractivity contribution in [3.63, 3.8) is 0 Å². The number of carbonyl (C=O) groups excluding carboxylic acids is 2. The number of fused-ring (bicyclic) bond motifs is 2. The highest BCUT2D eigenvalue weighted by Crippen LogP contribution is 2.43. The van der Waals surface area contributed by atoms with Gasteiger partial charge in [-0.15, -0.1) is 0 Å². The molecule has 1 N–H and O–H groups in total. The summed E-state index contributed by atoms with van der Waals surface area (Å²) in [5.74, 6) is 0.212. The lowest BCUT2D eigenvalue weighted by atomic mass is 9.85. The molecule has 0 saturated carbocycles. The number of nitrogens with one attached hydrogen (secondary N) is 1. The van der Waals surface area contributed by atoms with Crippen molar-refractivity contribution < 1.29 is 14.0 Å². The minimum Gasteiger partial charge on any atom is -0.336 e. The Bertz CT molecular complexity index is 931. The van der Waals surface area contributed by atoms with E-state index >= 15 is 0 Å². The number of anilines is 1. The second-order valence-electron chi connectivity index (χ2n) is 8.25. The minimum absolute atomic E-state index is 0.0523. The Morgan fingerprint density at radius 2 is 1.76 bits per heavy atom. The van der Waals surface area contributed by atoms with Gasteiger partial charge in [-0.25, -0.2) is 9.18 Å². The number of benzene rings is 2. The summed E-state index contributed by atoms with van der Waals surface area (Å²) in [7, 11) is 0. The molecule has 0 spiro atoms. The molecule has 2 aromatic rings. The van der Waals surface area contributed by atoms with E-state index in [1.165, 1.54) is 12.1 Å². The number of nitrogens with zero attached hydrogens (tertiary/aromatic N) is 2. The van der Waals surface area contributed by atoms with E-state index in [1.54, 1.807) is 4.90 Å². The molecule has 3 amide bonds. The average Bonchev–Trinajstić information content (AvgIpc) is 3.28. The van der Waals surface area contributed by atoms with Crippen molar-refractivity contribution >= 4 is 17.6 Å². The van der Waals surface area contributed by atoms with Gasteiger partial charge in [0.1, 0.15) is 5.82 Å². The predicted molar refractivity (Wildman–Crippen MR) is 109 cm³/mol. The van der Waals surface area contributed by atoms with Crippen LogP contribution in [0.2, 0.25) is 0 Å². The topological polar surface area (TPSA) is 52.7 Å². The smallest absolute Gasteiger partial charge is 0.321 e. The van der Waals surface area contributed by atoms with E-state index in [4.69, 9.17) is 0 Å². The van der Waals surface area contributed by atoms with E-state index in [2.05, 4.69) is 10.2 Å². The Balaban J connectivity index is 1.35. The van der Waals surface area contributed by atoms with Gasteiger partial charge in [0.2, 0.25) is 0 Å². The van der Waals surface area contributed by atoms with Gasteiger partial charge >= 0.3 is 6.03 Å². The molecular weight excluding hydrogens is 369 g/mol. The fraction of sp³-hybridized carbons (Fsp3) is 0.391. The molecule has 3 aliphatic rings. The first-order chi connectivity index (χ1) is 14.1. The highest BCUT2D eigenvalue weighted by Gasteiger charge is 2.43. The number of rotatable bonds is 3. The Hall–Kier alpha value is -2.89. The van der Waals surface area contributed by atoms with Gasteiger partial charge in [0.15, 0.2) is 0 Å². The van der Waals surface area contributed by atoms with Crippen LogP contribution in [0.3, 0.4) is 0 Å². The van der Waals surface area contributed by atoms with Gasteiger partial charge < -0.3 is 10.2 Å². The van der Waals surface area contributed by atoms with E-state index < -0.39 is 0 Å². The van der Waals surface area contributed by atoms with E-state index in [0.29, 0.717) is 24.6 Å². The van der Waals surface area contributed by atoms with E-state index in [0.717, 1.165) is 36.9 Å². The van der Waals surface area contributed by atoms with Crippen LogP contribution in [0.5, 0.6) is 0 Å². The molecule has 5 rings (SSSR count). The van der Waals surface area contributed by atoms with Crippen LogP contribution in [0.25, 0.3) is 0 Å². The number of halogens is 1. The Morgan fingerprint density at radius 1 is 1.03 bits per heavy atom. The quantitative estimate of drug-likeness (QED) is 0.860. The molecule has 0 aliphatic carbocycles. The summed E-state index contributed by atoms with van der Waals surface area (Å²) in [5, 5.41) is 2.80. The summed E-state index contributed by atoms with van der Waals surface area (Å²) in [6.07, 6.45) is 3.87. The summed E-state index contributed by atoms with van der Waals surface area (Å²) < 4.78 is 13.3. The van der Waals surface area contributed by atoms with Crippen LogP contribution in [0.15, 0.2) is 48.5 Å². The van der Waals surface area contributed by atoms with Crippen LogP contribution >= 0.6 is 0 Å². The molecule has 29 heavy (non-hydrogen) atoms. The standard InChI is InChI=1S/C23H24FN3O2/c24-18-6-4-15(5-7-18)17-13-20-8-9-21(14-17)27(20)22(28)16-2-1-3-19(12-16)26-11-10-25-23(26)29/h1-7,12,17,20-21H,8-11,13-14H2,(H,25,29)/t17-,20+,21-. The lowest BCUT2D eigenvalue weighted by Gasteiger charge is -2.39. The van der Waals surface area contributed by atoms with Crippen molar-refractivity contribution in [1.82, 2.24) is 10.2 Å². The number of piperidine rings is 1. The molecule has 6 heteroatoms. The van der Waals surface area contributed by atoms with E-state index in [-0.39, 0.29) is 29.8 Å². The summed E-state index contributed by atoms with van der Waals surface area (Å²) in [4.78, 5) is 29.0. The molecule has 2 aromatic carbocycles. The maximum atomic E-state index is 13.4. The Labute approximate surface area is 169 Å². The van der Waals surface area contributed by atoms with Crippen molar-refractivity contribution in [2.45, 2.75) is 43.7 Å². The van der Waals surface area contributed by atoms with Crippen LogP contribution in [0.1, 0.15) is 47.5 Å². The fourth-order valence-corrected chi connectivity index (χ4v) is 5.19. The molecule has 3 atom stereocenters. The van der Waals surface area contributed by atoms with Crippen LogP contribution in [0.4, 0.5) is 14.9 Å². The fourth-order valence-electron chi connectivity index (χ4n) is 5.19. The zero-order chi connectivity index (χ0) is 20.0. The predicted octanol–water partition coefficient (Wildman–Crippen LogP) is 3.91. The number of hydrogen-bond donors (Lipinski definition) is 1. The van der Waals surface area contributed by atoms with Gasteiger partial charge in [0, 0.05) is 36.4 Å². The zero-order valence-corrected chi connectivity index (χ0v) is 16.2. The lowest BCUT2D eigenvalue weighted by Crippen LogP contribution is -2.46. The molecule has 0 radical (unpaired) electrons. The van der Waals surface area contributed by atoms with Crippen molar-refractivity contribution in [3.05, 3.63) is 65.5 Å². The monoisotopic (exact) mass is 393 g/mol. The summed E-state index contributed by atoms with van der Waals surface area (Å²) >= 11 is 0. The molecule has 3 heterocycles. The van der Waals surface area contributed by atoms with Crippen LogP contribution in [0, 0.1) is 5.82 Å². The lowest BCUT2D eigenvalue weighted by molar-refractivity contribution is 0.0571. The third kappa shape index (κ3) is 3.26. The van der Waals surface area contributed by atoms with Crippen molar-refractivity contribution in [3.8, 4) is 0 Å². The maximum Gasteiger partial charge on any atom is 0.321 e. The first kappa shape index (κ1) is 18.2. The molecule has 2 bridgehead atoms. The Morgan fingerprint density at radius 3 is 2.41 bits per heavy atom. The highest BCUT2D eigenvalue weighted by molar-refractivity contribution is 5.98. The molecule has 3 saturated heterocycles. The first-order valence-corrected chi connectivity index (χ1v) is 10.3. The van der Waals surface area contributed by atoms with Crippen LogP contribution < -0.4 is 10.2 Å². The van der Waals surface area contributed by atoms with Gasteiger partial charge in [0.05, 0.1) is 0 Å². The SMILES string of the molecule is O=C1NCCN1c1cccc(C(=O)N2[C@@H]3CC[C@H]2C[C@@H](c2ccc(F)cc2)C3)c1. The molecular formula is C23H24FN3O2. The van der Waals surface area contributed by atoms with Crippen molar-refractivity contribution in [2.75, 3.05) is 18.0 Å². The van der Waals surface area contributed by atoms with E-state index in [9.17, 15) is 14.0 Å². The van der Waals surface area contributed by atoms with Crippen molar-refractivity contribution in [2.24, 2.45) is 0 Å². The molecule has 5 nitrogen and oxygen atoms in total. The average molecular weight is 393 g/mol. The second-order valence-corrected chi connectivity index (χ2v) is 8.25. The van der Waals surface area contributed by atoms with Gasteiger partial charge in [-0.2, -0.15) is 0 Å². The van der Waals surface area contributed by atoms with Gasteiger partial charge in [0.25, 0.3) is 5.91 Å². The highest BCUT2D eigenvalue weighted by atomic mass is 19.1. The largest absolute Gasteiger partial charge is 0.336 e. The van der Waals surface area contributed by atoms with E-state index in [1.807, 2.05) is 36.4 Å².